The lowest BCUT2D eigenvalue weighted by Gasteiger charge is -2.14. The third kappa shape index (κ3) is 3.42. The van der Waals surface area contributed by atoms with Gasteiger partial charge in [0.05, 0.1) is 16.6 Å². The molecule has 3 rings (SSSR count). The fourth-order valence-corrected chi connectivity index (χ4v) is 3.85. The maximum absolute atomic E-state index is 12.6. The molecule has 0 unspecified atom stereocenters. The number of nitrogens with zero attached hydrogens (tertiary/aromatic N) is 2. The van der Waals surface area contributed by atoms with E-state index in [9.17, 15) is 9.59 Å². The molecule has 1 amide bonds. The van der Waals surface area contributed by atoms with Crippen LogP contribution in [0.5, 0.6) is 0 Å². The van der Waals surface area contributed by atoms with Crippen molar-refractivity contribution in [3.63, 3.8) is 0 Å². The fourth-order valence-electron chi connectivity index (χ4n) is 2.79. The molecular formula is C17H18N2O3S. The van der Waals surface area contributed by atoms with Crippen molar-refractivity contribution >= 4 is 23.2 Å². The van der Waals surface area contributed by atoms with Crippen molar-refractivity contribution in [1.29, 1.82) is 0 Å². The quantitative estimate of drug-likeness (QED) is 0.935. The molecule has 1 fully saturated rings. The zero-order valence-electron chi connectivity index (χ0n) is 12.9. The number of hydrogen-bond donors (Lipinski definition) is 1. The smallest absolute Gasteiger partial charge is 0.308 e. The molecule has 0 bridgehead atoms. The second-order valence-corrected chi connectivity index (χ2v) is 6.84. The number of hydrogen-bond acceptors (Lipinski definition) is 4. The van der Waals surface area contributed by atoms with Crippen LogP contribution in [-0.2, 0) is 11.2 Å². The predicted octanol–water partition coefficient (Wildman–Crippen LogP) is 2.59. The van der Waals surface area contributed by atoms with Crippen LogP contribution in [-0.4, -0.2) is 40.0 Å². The first-order valence-corrected chi connectivity index (χ1v) is 8.38. The number of aryl methyl sites for hydroxylation is 1. The number of amides is 1. The van der Waals surface area contributed by atoms with Gasteiger partial charge in [0.1, 0.15) is 4.88 Å². The molecule has 1 aromatic heterocycles. The van der Waals surface area contributed by atoms with Crippen LogP contribution in [0.4, 0.5) is 0 Å². The third-order valence-corrected chi connectivity index (χ3v) is 5.20. The molecular weight excluding hydrogens is 312 g/mol. The summed E-state index contributed by atoms with van der Waals surface area (Å²) in [6.07, 6.45) is 1.23. The molecule has 23 heavy (non-hydrogen) atoms. The average Bonchev–Trinajstić information content (AvgIpc) is 3.15. The molecule has 1 aliphatic rings. The maximum Gasteiger partial charge on any atom is 0.308 e. The van der Waals surface area contributed by atoms with E-state index in [4.69, 9.17) is 5.11 Å². The van der Waals surface area contributed by atoms with E-state index < -0.39 is 11.9 Å². The van der Waals surface area contributed by atoms with Crippen LogP contribution in [0.15, 0.2) is 30.3 Å². The Balaban J connectivity index is 1.73. The van der Waals surface area contributed by atoms with Crippen LogP contribution in [0.2, 0.25) is 0 Å². The predicted molar refractivity (Wildman–Crippen MR) is 87.7 cm³/mol. The van der Waals surface area contributed by atoms with E-state index in [0.29, 0.717) is 30.8 Å². The Bertz CT molecular complexity index is 727. The number of aromatic nitrogens is 1. The van der Waals surface area contributed by atoms with Gasteiger partial charge >= 0.3 is 5.97 Å². The summed E-state index contributed by atoms with van der Waals surface area (Å²) in [5.74, 6) is -1.37. The highest BCUT2D eigenvalue weighted by Crippen LogP contribution is 2.25. The van der Waals surface area contributed by atoms with Gasteiger partial charge in [-0.1, -0.05) is 30.3 Å². The Morgan fingerprint density at radius 2 is 2.09 bits per heavy atom. The Morgan fingerprint density at radius 3 is 2.74 bits per heavy atom. The van der Waals surface area contributed by atoms with E-state index in [-0.39, 0.29) is 5.91 Å². The standard InChI is InChI=1S/C17H18N2O3S/c1-11-15(16(20)19-8-7-13(10-19)17(21)22)23-14(18-11)9-12-5-3-2-4-6-12/h2-6,13H,7-10H2,1H3,(H,21,22)/t13-/m1/s1. The summed E-state index contributed by atoms with van der Waals surface area (Å²) in [7, 11) is 0. The van der Waals surface area contributed by atoms with Crippen LogP contribution in [0.1, 0.15) is 32.4 Å². The summed E-state index contributed by atoms with van der Waals surface area (Å²) in [5.41, 5.74) is 1.89. The number of likely N-dealkylation sites (tertiary alicyclic amines) is 1. The normalized spacial score (nSPS) is 17.4. The molecule has 0 aliphatic carbocycles. The summed E-state index contributed by atoms with van der Waals surface area (Å²) < 4.78 is 0. The van der Waals surface area contributed by atoms with Gasteiger partial charge in [0, 0.05) is 19.5 Å². The second-order valence-electron chi connectivity index (χ2n) is 5.76. The molecule has 1 aromatic carbocycles. The lowest BCUT2D eigenvalue weighted by molar-refractivity contribution is -0.141. The number of carbonyl (C=O) groups is 2. The van der Waals surface area contributed by atoms with Gasteiger partial charge in [0.15, 0.2) is 0 Å². The minimum atomic E-state index is -0.828. The Kier molecular flexibility index (Phi) is 4.43. The minimum absolute atomic E-state index is 0.0944. The zero-order chi connectivity index (χ0) is 16.4. The number of carboxylic acid groups (broad SMARTS) is 1. The van der Waals surface area contributed by atoms with Crippen molar-refractivity contribution < 1.29 is 14.7 Å². The van der Waals surface area contributed by atoms with Crippen molar-refractivity contribution in [1.82, 2.24) is 9.88 Å². The Labute approximate surface area is 138 Å². The first kappa shape index (κ1) is 15.7. The molecule has 2 aromatic rings. The largest absolute Gasteiger partial charge is 0.481 e. The SMILES string of the molecule is Cc1nc(Cc2ccccc2)sc1C(=O)N1CC[C@@H](C(=O)O)C1. The molecule has 0 spiro atoms. The zero-order valence-corrected chi connectivity index (χ0v) is 13.7. The number of carboxylic acids is 1. The molecule has 120 valence electrons. The monoisotopic (exact) mass is 330 g/mol. The van der Waals surface area contributed by atoms with Crippen molar-refractivity contribution in [2.24, 2.45) is 5.92 Å². The van der Waals surface area contributed by atoms with Gasteiger partial charge in [-0.15, -0.1) is 11.3 Å². The van der Waals surface area contributed by atoms with Gasteiger partial charge < -0.3 is 10.0 Å². The van der Waals surface area contributed by atoms with E-state index >= 15 is 0 Å². The number of carbonyl (C=O) groups excluding carboxylic acids is 1. The third-order valence-electron chi connectivity index (χ3n) is 4.06. The molecule has 5 nitrogen and oxygen atoms in total. The fraction of sp³-hybridized carbons (Fsp3) is 0.353. The second kappa shape index (κ2) is 6.50. The maximum atomic E-state index is 12.6. The lowest BCUT2D eigenvalue weighted by atomic mass is 10.1. The number of rotatable bonds is 4. The summed E-state index contributed by atoms with van der Waals surface area (Å²) in [5, 5.41) is 9.97. The van der Waals surface area contributed by atoms with Crippen molar-refractivity contribution in [2.75, 3.05) is 13.1 Å². The first-order chi connectivity index (χ1) is 11.0. The topological polar surface area (TPSA) is 70.5 Å². The van der Waals surface area contributed by atoms with E-state index in [1.165, 1.54) is 11.3 Å². The highest BCUT2D eigenvalue weighted by atomic mass is 32.1. The lowest BCUT2D eigenvalue weighted by Crippen LogP contribution is -2.29. The Morgan fingerprint density at radius 1 is 1.35 bits per heavy atom. The van der Waals surface area contributed by atoms with Crippen LogP contribution in [0.25, 0.3) is 0 Å². The molecule has 6 heteroatoms. The number of thiazole rings is 1. The molecule has 0 radical (unpaired) electrons. The molecule has 2 heterocycles. The van der Waals surface area contributed by atoms with Gasteiger partial charge in [0.25, 0.3) is 5.91 Å². The van der Waals surface area contributed by atoms with E-state index in [0.717, 1.165) is 16.3 Å². The summed E-state index contributed by atoms with van der Waals surface area (Å²) in [6.45, 7) is 2.63. The van der Waals surface area contributed by atoms with Crippen molar-refractivity contribution in [2.45, 2.75) is 19.8 Å². The minimum Gasteiger partial charge on any atom is -0.481 e. The van der Waals surface area contributed by atoms with E-state index in [1.54, 1.807) is 4.90 Å². The molecule has 1 atom stereocenters. The number of benzene rings is 1. The van der Waals surface area contributed by atoms with E-state index in [1.807, 2.05) is 37.3 Å². The average molecular weight is 330 g/mol. The van der Waals surface area contributed by atoms with Crippen LogP contribution in [0.3, 0.4) is 0 Å². The molecule has 1 aliphatic heterocycles. The Hall–Kier alpha value is -2.21. The highest BCUT2D eigenvalue weighted by molar-refractivity contribution is 7.13. The van der Waals surface area contributed by atoms with E-state index in [2.05, 4.69) is 4.98 Å². The van der Waals surface area contributed by atoms with Crippen LogP contribution in [0, 0.1) is 12.8 Å². The highest BCUT2D eigenvalue weighted by Gasteiger charge is 2.32. The van der Waals surface area contributed by atoms with Gasteiger partial charge in [0.2, 0.25) is 0 Å². The van der Waals surface area contributed by atoms with Gasteiger partial charge in [-0.2, -0.15) is 0 Å². The first-order valence-electron chi connectivity index (χ1n) is 7.57. The van der Waals surface area contributed by atoms with Gasteiger partial charge in [-0.05, 0) is 18.9 Å². The van der Waals surface area contributed by atoms with Crippen LogP contribution < -0.4 is 0 Å². The van der Waals surface area contributed by atoms with Crippen molar-refractivity contribution in [3.8, 4) is 0 Å². The number of aliphatic carboxylic acids is 1. The summed E-state index contributed by atoms with van der Waals surface area (Å²) in [4.78, 5) is 30.4. The van der Waals surface area contributed by atoms with Crippen LogP contribution >= 0.6 is 11.3 Å². The summed E-state index contributed by atoms with van der Waals surface area (Å²) in [6, 6.07) is 10.0. The van der Waals surface area contributed by atoms with Crippen molar-refractivity contribution in [3.05, 3.63) is 51.5 Å². The molecule has 1 saturated heterocycles. The van der Waals surface area contributed by atoms with Gasteiger partial charge in [-0.25, -0.2) is 4.98 Å². The van der Waals surface area contributed by atoms with Gasteiger partial charge in [-0.3, -0.25) is 9.59 Å². The summed E-state index contributed by atoms with van der Waals surface area (Å²) >= 11 is 1.41. The molecule has 1 N–H and O–H groups in total. The molecule has 0 saturated carbocycles.